The molecule has 1 aromatic carbocycles. The van der Waals surface area contributed by atoms with E-state index in [-0.39, 0.29) is 5.91 Å². The van der Waals surface area contributed by atoms with Crippen LogP contribution in [-0.2, 0) is 0 Å². The summed E-state index contributed by atoms with van der Waals surface area (Å²) in [5, 5.41) is 3.16. The predicted molar refractivity (Wildman–Crippen MR) is 97.6 cm³/mol. The minimum atomic E-state index is -0.0348. The second-order valence-electron chi connectivity index (χ2n) is 5.95. The summed E-state index contributed by atoms with van der Waals surface area (Å²) in [7, 11) is 2.07. The van der Waals surface area contributed by atoms with Gasteiger partial charge in [0.15, 0.2) is 0 Å². The summed E-state index contributed by atoms with van der Waals surface area (Å²) in [4.78, 5) is 25.5. The number of rotatable bonds is 3. The van der Waals surface area contributed by atoms with Gasteiger partial charge in [0.05, 0.1) is 0 Å². The number of carbonyl (C=O) groups excluding carboxylic acids is 1. The molecule has 7 heteroatoms. The predicted octanol–water partition coefficient (Wildman–Crippen LogP) is 2.68. The van der Waals surface area contributed by atoms with Crippen molar-refractivity contribution in [2.24, 2.45) is 0 Å². The molecule has 0 spiro atoms. The number of aromatic nitrogens is 2. The van der Waals surface area contributed by atoms with E-state index in [0.29, 0.717) is 11.6 Å². The van der Waals surface area contributed by atoms with Gasteiger partial charge in [-0.2, -0.15) is 0 Å². The van der Waals surface area contributed by atoms with Crippen molar-refractivity contribution in [1.29, 1.82) is 0 Å². The Morgan fingerprint density at radius 3 is 2.46 bits per heavy atom. The Hall–Kier alpha value is -1.99. The van der Waals surface area contributed by atoms with Crippen molar-refractivity contribution in [2.45, 2.75) is 6.92 Å². The van der Waals surface area contributed by atoms with Crippen molar-refractivity contribution in [2.75, 3.05) is 38.5 Å². The highest BCUT2D eigenvalue weighted by Gasteiger charge is 2.22. The van der Waals surface area contributed by atoms with Crippen LogP contribution in [0.2, 0.25) is 0 Å². The summed E-state index contributed by atoms with van der Waals surface area (Å²) in [6.07, 6.45) is 0. The lowest BCUT2D eigenvalue weighted by molar-refractivity contribution is 0.0658. The molecule has 1 fully saturated rings. The van der Waals surface area contributed by atoms with Gasteiger partial charge in [-0.15, -0.1) is 0 Å². The molecule has 0 bridgehead atoms. The maximum absolute atomic E-state index is 12.7. The normalized spacial score (nSPS) is 15.4. The first-order valence-corrected chi connectivity index (χ1v) is 8.66. The highest BCUT2D eigenvalue weighted by atomic mass is 79.9. The number of aryl methyl sites for hydroxylation is 1. The first kappa shape index (κ1) is 16.9. The van der Waals surface area contributed by atoms with Crippen LogP contribution in [0.4, 0.5) is 11.6 Å². The Morgan fingerprint density at radius 1 is 1.12 bits per heavy atom. The van der Waals surface area contributed by atoms with E-state index in [0.717, 1.165) is 42.0 Å². The number of piperazine rings is 1. The maximum atomic E-state index is 12.7. The Kier molecular flexibility index (Phi) is 5.11. The molecule has 0 aliphatic carbocycles. The Bertz CT molecular complexity index is 726. The van der Waals surface area contributed by atoms with E-state index in [4.69, 9.17) is 0 Å². The molecule has 2 aromatic rings. The van der Waals surface area contributed by atoms with Crippen LogP contribution < -0.4 is 5.32 Å². The number of halogens is 1. The fourth-order valence-electron chi connectivity index (χ4n) is 2.57. The van der Waals surface area contributed by atoms with Gasteiger partial charge in [-0.1, -0.05) is 15.9 Å². The van der Waals surface area contributed by atoms with Crippen molar-refractivity contribution in [1.82, 2.24) is 19.8 Å². The maximum Gasteiger partial charge on any atom is 0.272 e. The lowest BCUT2D eigenvalue weighted by Crippen LogP contribution is -2.47. The Morgan fingerprint density at radius 2 is 1.79 bits per heavy atom. The Balaban J connectivity index is 1.78. The fraction of sp³-hybridized carbons (Fsp3) is 0.353. The van der Waals surface area contributed by atoms with Gasteiger partial charge in [-0.25, -0.2) is 9.97 Å². The second kappa shape index (κ2) is 7.27. The molecule has 1 aromatic heterocycles. The van der Waals surface area contributed by atoms with Gasteiger partial charge in [-0.05, 0) is 44.3 Å². The van der Waals surface area contributed by atoms with Crippen LogP contribution >= 0.6 is 15.9 Å². The third-order valence-electron chi connectivity index (χ3n) is 3.96. The number of nitrogens with one attached hydrogen (secondary N) is 1. The molecule has 6 nitrogen and oxygen atoms in total. The van der Waals surface area contributed by atoms with Crippen LogP contribution in [0.15, 0.2) is 34.8 Å². The minimum Gasteiger partial charge on any atom is -0.335 e. The summed E-state index contributed by atoms with van der Waals surface area (Å²) in [6.45, 7) is 5.11. The van der Waals surface area contributed by atoms with E-state index in [9.17, 15) is 4.79 Å². The largest absolute Gasteiger partial charge is 0.335 e. The molecular formula is C17H20BrN5O. The van der Waals surface area contributed by atoms with Crippen LogP contribution in [0, 0.1) is 6.92 Å². The number of likely N-dealkylation sites (N-methyl/N-ethyl adjacent to an activating group) is 1. The standard InChI is InChI=1S/C17H20BrN5O/c1-12-11-15(16(24)23-9-7-22(2)8-10-23)21-17(19-12)20-14-5-3-13(18)4-6-14/h3-6,11H,7-10H2,1-2H3,(H,19,20,21). The molecule has 0 atom stereocenters. The molecule has 126 valence electrons. The zero-order valence-corrected chi connectivity index (χ0v) is 15.4. The van der Waals surface area contributed by atoms with Gasteiger partial charge in [0.1, 0.15) is 5.69 Å². The number of amides is 1. The molecule has 3 rings (SSSR count). The molecule has 24 heavy (non-hydrogen) atoms. The molecule has 0 saturated carbocycles. The molecular weight excluding hydrogens is 370 g/mol. The van der Waals surface area contributed by atoms with Gasteiger partial charge < -0.3 is 15.1 Å². The van der Waals surface area contributed by atoms with Crippen molar-refractivity contribution < 1.29 is 4.79 Å². The van der Waals surface area contributed by atoms with E-state index >= 15 is 0 Å². The first-order valence-electron chi connectivity index (χ1n) is 7.87. The number of nitrogens with zero attached hydrogens (tertiary/aromatic N) is 4. The topological polar surface area (TPSA) is 61.4 Å². The highest BCUT2D eigenvalue weighted by Crippen LogP contribution is 2.18. The van der Waals surface area contributed by atoms with Crippen molar-refractivity contribution in [3.63, 3.8) is 0 Å². The second-order valence-corrected chi connectivity index (χ2v) is 6.86. The van der Waals surface area contributed by atoms with Crippen molar-refractivity contribution >= 4 is 33.5 Å². The zero-order chi connectivity index (χ0) is 17.1. The molecule has 1 aliphatic rings. The molecule has 0 unspecified atom stereocenters. The summed E-state index contributed by atoms with van der Waals surface area (Å²) < 4.78 is 1.00. The van der Waals surface area contributed by atoms with Gasteiger partial charge in [0.2, 0.25) is 5.95 Å². The SMILES string of the molecule is Cc1cc(C(=O)N2CCN(C)CC2)nc(Nc2ccc(Br)cc2)n1. The number of hydrogen-bond acceptors (Lipinski definition) is 5. The van der Waals surface area contributed by atoms with E-state index in [1.54, 1.807) is 6.07 Å². The summed E-state index contributed by atoms with van der Waals surface area (Å²) in [6, 6.07) is 9.48. The van der Waals surface area contributed by atoms with Gasteiger partial charge >= 0.3 is 0 Å². The van der Waals surface area contributed by atoms with E-state index in [1.165, 1.54) is 0 Å². The third kappa shape index (κ3) is 4.10. The molecule has 1 saturated heterocycles. The zero-order valence-electron chi connectivity index (χ0n) is 13.8. The molecule has 1 amide bonds. The summed E-state index contributed by atoms with van der Waals surface area (Å²) >= 11 is 3.41. The average molecular weight is 390 g/mol. The smallest absolute Gasteiger partial charge is 0.272 e. The average Bonchev–Trinajstić information content (AvgIpc) is 2.56. The van der Waals surface area contributed by atoms with Crippen molar-refractivity contribution in [3.8, 4) is 0 Å². The lowest BCUT2D eigenvalue weighted by atomic mass is 10.2. The van der Waals surface area contributed by atoms with Crippen LogP contribution in [0.5, 0.6) is 0 Å². The number of carbonyl (C=O) groups is 1. The molecule has 0 radical (unpaired) electrons. The lowest BCUT2D eigenvalue weighted by Gasteiger charge is -2.32. The van der Waals surface area contributed by atoms with Crippen LogP contribution in [-0.4, -0.2) is 58.9 Å². The van der Waals surface area contributed by atoms with E-state index < -0.39 is 0 Å². The molecule has 2 heterocycles. The van der Waals surface area contributed by atoms with Crippen LogP contribution in [0.1, 0.15) is 16.2 Å². The monoisotopic (exact) mass is 389 g/mol. The molecule has 1 N–H and O–H groups in total. The van der Waals surface area contributed by atoms with E-state index in [2.05, 4.69) is 43.2 Å². The van der Waals surface area contributed by atoms with Gasteiger partial charge in [0, 0.05) is 42.0 Å². The van der Waals surface area contributed by atoms with E-state index in [1.807, 2.05) is 36.1 Å². The van der Waals surface area contributed by atoms with Crippen LogP contribution in [0.3, 0.4) is 0 Å². The van der Waals surface area contributed by atoms with Gasteiger partial charge in [-0.3, -0.25) is 4.79 Å². The number of anilines is 2. The number of hydrogen-bond donors (Lipinski definition) is 1. The summed E-state index contributed by atoms with van der Waals surface area (Å²) in [5.41, 5.74) is 2.08. The third-order valence-corrected chi connectivity index (χ3v) is 4.49. The van der Waals surface area contributed by atoms with Gasteiger partial charge in [0.25, 0.3) is 5.91 Å². The number of benzene rings is 1. The Labute approximate surface area is 150 Å². The highest BCUT2D eigenvalue weighted by molar-refractivity contribution is 9.10. The summed E-state index contributed by atoms with van der Waals surface area (Å²) in [5.74, 6) is 0.405. The van der Waals surface area contributed by atoms with Crippen molar-refractivity contribution in [3.05, 3.63) is 46.2 Å². The first-order chi connectivity index (χ1) is 11.5. The van der Waals surface area contributed by atoms with Crippen LogP contribution in [0.25, 0.3) is 0 Å². The minimum absolute atomic E-state index is 0.0348. The molecule has 1 aliphatic heterocycles. The fourth-order valence-corrected chi connectivity index (χ4v) is 2.83. The quantitative estimate of drug-likeness (QED) is 0.873.